The summed E-state index contributed by atoms with van der Waals surface area (Å²) in [4.78, 5) is 13.1. The summed E-state index contributed by atoms with van der Waals surface area (Å²) in [5, 5.41) is 6.77. The van der Waals surface area contributed by atoms with Crippen LogP contribution in [0.4, 0.5) is 5.82 Å². The summed E-state index contributed by atoms with van der Waals surface area (Å²) in [5.74, 6) is -0.0565. The Kier molecular flexibility index (Phi) is 4.28. The van der Waals surface area contributed by atoms with Crippen LogP contribution >= 0.6 is 0 Å². The van der Waals surface area contributed by atoms with Crippen LogP contribution in [0.5, 0.6) is 0 Å². The molecule has 10 heteroatoms. The Morgan fingerprint density at radius 1 is 1.07 bits per heavy atom. The molecule has 9 nitrogen and oxygen atoms in total. The van der Waals surface area contributed by atoms with Gasteiger partial charge in [-0.05, 0) is 24.3 Å². The Morgan fingerprint density at radius 3 is 2.61 bits per heavy atom. The number of fused-ring (bicyclic) bond motifs is 1. The molecule has 142 valence electrons. The maximum absolute atomic E-state index is 12.5. The van der Waals surface area contributed by atoms with Crippen LogP contribution in [0.15, 0.2) is 53.9 Å². The summed E-state index contributed by atoms with van der Waals surface area (Å²) in [7, 11) is -0.845. The molecule has 0 fully saturated rings. The summed E-state index contributed by atoms with van der Waals surface area (Å²) >= 11 is 0. The van der Waals surface area contributed by atoms with Crippen molar-refractivity contribution in [3.63, 3.8) is 0 Å². The third-order valence-electron chi connectivity index (χ3n) is 4.33. The maximum atomic E-state index is 12.5. The van der Waals surface area contributed by atoms with Gasteiger partial charge in [0.15, 0.2) is 0 Å². The van der Waals surface area contributed by atoms with Gasteiger partial charge in [0.25, 0.3) is 0 Å². The zero-order chi connectivity index (χ0) is 19.9. The van der Waals surface area contributed by atoms with Gasteiger partial charge in [-0.3, -0.25) is 10.1 Å². The Morgan fingerprint density at radius 2 is 1.89 bits per heavy atom. The molecule has 0 aliphatic heterocycles. The van der Waals surface area contributed by atoms with Gasteiger partial charge in [-0.2, -0.15) is 5.10 Å². The van der Waals surface area contributed by atoms with Gasteiger partial charge in [0.05, 0.1) is 22.9 Å². The SMILES string of the molecule is CN(C)S(=O)(=O)c1cc(-c2ccc3nccc(-c4cn[nH]c4)c3n2)cnc1N. The minimum Gasteiger partial charge on any atom is -0.383 e. The minimum absolute atomic E-state index is 0.0565. The molecule has 0 amide bonds. The molecular weight excluding hydrogens is 378 g/mol. The van der Waals surface area contributed by atoms with E-state index in [9.17, 15) is 8.42 Å². The zero-order valence-electron chi connectivity index (χ0n) is 15.2. The molecule has 4 aromatic heterocycles. The quantitative estimate of drug-likeness (QED) is 0.539. The van der Waals surface area contributed by atoms with E-state index < -0.39 is 10.0 Å². The molecule has 0 bridgehead atoms. The first-order chi connectivity index (χ1) is 13.4. The number of anilines is 1. The van der Waals surface area contributed by atoms with Crippen LogP contribution in [0.25, 0.3) is 33.4 Å². The molecule has 3 N–H and O–H groups in total. The van der Waals surface area contributed by atoms with E-state index in [1.54, 1.807) is 24.7 Å². The predicted octanol–water partition coefficient (Wildman–Crippen LogP) is 1.91. The first-order valence-corrected chi connectivity index (χ1v) is 9.75. The van der Waals surface area contributed by atoms with Crippen LogP contribution in [0.2, 0.25) is 0 Å². The van der Waals surface area contributed by atoms with Gasteiger partial charge in [-0.15, -0.1) is 0 Å². The molecule has 0 atom stereocenters. The number of nitrogens with two attached hydrogens (primary N) is 1. The van der Waals surface area contributed by atoms with Crippen molar-refractivity contribution >= 4 is 26.9 Å². The van der Waals surface area contributed by atoms with Crippen molar-refractivity contribution < 1.29 is 8.42 Å². The van der Waals surface area contributed by atoms with Crippen LogP contribution in [-0.2, 0) is 10.0 Å². The number of hydrogen-bond acceptors (Lipinski definition) is 7. The standard InChI is InChI=1S/C18H17N7O2S/c1-25(2)28(26,27)16-7-11(8-21-18(16)19)14-3-4-15-17(24-14)13(5-6-20-15)12-9-22-23-10-12/h3-10H,1-2H3,(H2,19,21)(H,22,23). The van der Waals surface area contributed by atoms with E-state index in [2.05, 4.69) is 20.2 Å². The van der Waals surface area contributed by atoms with Crippen LogP contribution in [-0.4, -0.2) is 52.0 Å². The largest absolute Gasteiger partial charge is 0.383 e. The number of nitrogens with zero attached hydrogens (tertiary/aromatic N) is 5. The Bertz CT molecular complexity index is 1270. The molecule has 4 heterocycles. The Hall–Kier alpha value is -3.37. The van der Waals surface area contributed by atoms with Crippen molar-refractivity contribution in [1.29, 1.82) is 0 Å². The third-order valence-corrected chi connectivity index (χ3v) is 6.17. The molecule has 0 saturated heterocycles. The second kappa shape index (κ2) is 6.66. The number of H-pyrrole nitrogens is 1. The van der Waals surface area contributed by atoms with Crippen molar-refractivity contribution in [2.45, 2.75) is 4.90 Å². The summed E-state index contributed by atoms with van der Waals surface area (Å²) in [6.45, 7) is 0. The third kappa shape index (κ3) is 2.98. The molecular formula is C18H17N7O2S. The van der Waals surface area contributed by atoms with E-state index in [0.29, 0.717) is 22.3 Å². The molecule has 0 aromatic carbocycles. The maximum Gasteiger partial charge on any atom is 0.246 e. The highest BCUT2D eigenvalue weighted by molar-refractivity contribution is 7.89. The van der Waals surface area contributed by atoms with Gasteiger partial charge in [0.2, 0.25) is 10.0 Å². The normalized spacial score (nSPS) is 12.0. The lowest BCUT2D eigenvalue weighted by molar-refractivity contribution is 0.521. The Labute approximate surface area is 161 Å². The highest BCUT2D eigenvalue weighted by atomic mass is 32.2. The first-order valence-electron chi connectivity index (χ1n) is 8.31. The lowest BCUT2D eigenvalue weighted by atomic mass is 10.1. The fourth-order valence-electron chi connectivity index (χ4n) is 2.82. The van der Waals surface area contributed by atoms with Crippen molar-refractivity contribution in [3.05, 3.63) is 49.1 Å². The number of pyridine rings is 3. The van der Waals surface area contributed by atoms with Crippen LogP contribution in [0.1, 0.15) is 0 Å². The van der Waals surface area contributed by atoms with Gasteiger partial charge in [0, 0.05) is 49.4 Å². The smallest absolute Gasteiger partial charge is 0.246 e. The van der Waals surface area contributed by atoms with Gasteiger partial charge in [0.1, 0.15) is 10.7 Å². The van der Waals surface area contributed by atoms with E-state index in [0.717, 1.165) is 15.4 Å². The zero-order valence-corrected chi connectivity index (χ0v) is 16.0. The van der Waals surface area contributed by atoms with Crippen molar-refractivity contribution in [2.24, 2.45) is 0 Å². The fourth-order valence-corrected chi connectivity index (χ4v) is 3.80. The first kappa shape index (κ1) is 18.0. The molecule has 0 spiro atoms. The molecule has 28 heavy (non-hydrogen) atoms. The van der Waals surface area contributed by atoms with Crippen molar-refractivity contribution in [3.8, 4) is 22.4 Å². The highest BCUT2D eigenvalue weighted by Gasteiger charge is 2.22. The predicted molar refractivity (Wildman–Crippen MR) is 106 cm³/mol. The summed E-state index contributed by atoms with van der Waals surface area (Å²) < 4.78 is 26.1. The van der Waals surface area contributed by atoms with Gasteiger partial charge < -0.3 is 5.73 Å². The van der Waals surface area contributed by atoms with Gasteiger partial charge >= 0.3 is 0 Å². The average Bonchev–Trinajstić information content (AvgIpc) is 3.22. The van der Waals surface area contributed by atoms with Crippen LogP contribution in [0, 0.1) is 0 Å². The summed E-state index contributed by atoms with van der Waals surface area (Å²) in [5.41, 5.74) is 10.1. The molecule has 0 saturated carbocycles. The second-order valence-electron chi connectivity index (χ2n) is 6.30. The molecule has 4 rings (SSSR count). The number of hydrogen-bond donors (Lipinski definition) is 2. The number of nitrogens with one attached hydrogen (secondary N) is 1. The molecule has 0 aliphatic rings. The number of aromatic amines is 1. The van der Waals surface area contributed by atoms with E-state index in [-0.39, 0.29) is 10.7 Å². The second-order valence-corrected chi connectivity index (χ2v) is 8.42. The summed E-state index contributed by atoms with van der Waals surface area (Å²) in [6.07, 6.45) is 6.69. The highest BCUT2D eigenvalue weighted by Crippen LogP contribution is 2.29. The monoisotopic (exact) mass is 395 g/mol. The number of sulfonamides is 1. The molecule has 4 aromatic rings. The molecule has 0 unspecified atom stereocenters. The number of aromatic nitrogens is 5. The number of nitrogen functional groups attached to an aromatic ring is 1. The van der Waals surface area contributed by atoms with Crippen LogP contribution < -0.4 is 5.73 Å². The van der Waals surface area contributed by atoms with E-state index >= 15 is 0 Å². The number of rotatable bonds is 4. The van der Waals surface area contributed by atoms with Crippen molar-refractivity contribution in [1.82, 2.24) is 29.5 Å². The summed E-state index contributed by atoms with van der Waals surface area (Å²) in [6, 6.07) is 6.94. The van der Waals surface area contributed by atoms with Gasteiger partial charge in [-0.1, -0.05) is 0 Å². The van der Waals surface area contributed by atoms with Crippen molar-refractivity contribution in [2.75, 3.05) is 19.8 Å². The lowest BCUT2D eigenvalue weighted by Crippen LogP contribution is -2.23. The topological polar surface area (TPSA) is 131 Å². The van der Waals surface area contributed by atoms with E-state index in [4.69, 9.17) is 10.7 Å². The van der Waals surface area contributed by atoms with E-state index in [1.165, 1.54) is 26.4 Å². The Balaban J connectivity index is 1.90. The van der Waals surface area contributed by atoms with Crippen LogP contribution in [0.3, 0.4) is 0 Å². The fraction of sp³-hybridized carbons (Fsp3) is 0.111. The minimum atomic E-state index is -3.73. The average molecular weight is 395 g/mol. The van der Waals surface area contributed by atoms with Gasteiger partial charge in [-0.25, -0.2) is 22.7 Å². The van der Waals surface area contributed by atoms with E-state index in [1.807, 2.05) is 12.1 Å². The lowest BCUT2D eigenvalue weighted by Gasteiger charge is -2.14. The molecule has 0 radical (unpaired) electrons. The molecule has 0 aliphatic carbocycles.